The Labute approximate surface area is 111 Å². The maximum absolute atomic E-state index is 11.0. The Kier molecular flexibility index (Phi) is 4.15. The molecule has 2 rings (SSSR count). The summed E-state index contributed by atoms with van der Waals surface area (Å²) in [5.41, 5.74) is 1.50. The highest BCUT2D eigenvalue weighted by Gasteiger charge is 2.11. The van der Waals surface area contributed by atoms with E-state index >= 15 is 0 Å². The summed E-state index contributed by atoms with van der Waals surface area (Å²) in [6.07, 6.45) is -0.678. The van der Waals surface area contributed by atoms with E-state index in [4.69, 9.17) is 5.11 Å². The van der Waals surface area contributed by atoms with Crippen molar-refractivity contribution < 1.29 is 15.0 Å². The lowest BCUT2D eigenvalue weighted by Gasteiger charge is -2.14. The lowest BCUT2D eigenvalue weighted by molar-refractivity contribution is 0.0697. The molecule has 0 amide bonds. The minimum Gasteiger partial charge on any atom is -0.478 e. The molecule has 0 spiro atoms. The predicted molar refractivity (Wildman–Crippen MR) is 73.3 cm³/mol. The summed E-state index contributed by atoms with van der Waals surface area (Å²) in [6.45, 7) is 0.258. The highest BCUT2D eigenvalue weighted by molar-refractivity contribution is 5.94. The highest BCUT2D eigenvalue weighted by Crippen LogP contribution is 2.17. The molecular weight excluding hydrogens is 242 g/mol. The van der Waals surface area contributed by atoms with E-state index in [0.717, 1.165) is 5.56 Å². The zero-order chi connectivity index (χ0) is 13.7. The van der Waals surface area contributed by atoms with Crippen LogP contribution in [0.15, 0.2) is 54.6 Å². The largest absolute Gasteiger partial charge is 0.478 e. The van der Waals surface area contributed by atoms with E-state index in [9.17, 15) is 9.90 Å². The number of carbonyl (C=O) groups is 1. The predicted octanol–water partition coefficient (Wildman–Crippen LogP) is 2.53. The molecule has 0 heterocycles. The van der Waals surface area contributed by atoms with Crippen molar-refractivity contribution in [3.05, 3.63) is 65.7 Å². The maximum atomic E-state index is 11.0. The molecule has 98 valence electrons. The maximum Gasteiger partial charge on any atom is 0.337 e. The molecule has 0 aliphatic carbocycles. The third-order valence-electron chi connectivity index (χ3n) is 2.83. The number of rotatable bonds is 5. The van der Waals surface area contributed by atoms with Crippen LogP contribution in [-0.4, -0.2) is 22.7 Å². The van der Waals surface area contributed by atoms with Crippen molar-refractivity contribution in [3.8, 4) is 0 Å². The van der Waals surface area contributed by atoms with Crippen molar-refractivity contribution in [2.45, 2.75) is 6.10 Å². The van der Waals surface area contributed by atoms with Gasteiger partial charge in [-0.3, -0.25) is 0 Å². The van der Waals surface area contributed by atoms with E-state index in [1.807, 2.05) is 30.3 Å². The van der Waals surface area contributed by atoms with Crippen LogP contribution in [0.1, 0.15) is 22.0 Å². The lowest BCUT2D eigenvalue weighted by atomic mass is 10.1. The van der Waals surface area contributed by atoms with Crippen molar-refractivity contribution in [1.29, 1.82) is 0 Å². The van der Waals surface area contributed by atoms with Gasteiger partial charge in [-0.2, -0.15) is 0 Å². The molecule has 0 bridgehead atoms. The number of benzene rings is 2. The van der Waals surface area contributed by atoms with Gasteiger partial charge in [-0.1, -0.05) is 42.5 Å². The quantitative estimate of drug-likeness (QED) is 0.769. The van der Waals surface area contributed by atoms with Crippen LogP contribution >= 0.6 is 0 Å². The normalized spacial score (nSPS) is 11.8. The molecular formula is C15H15NO3. The van der Waals surface area contributed by atoms with Crippen LogP contribution in [0.2, 0.25) is 0 Å². The van der Waals surface area contributed by atoms with Gasteiger partial charge in [-0.25, -0.2) is 4.79 Å². The van der Waals surface area contributed by atoms with E-state index in [1.54, 1.807) is 18.2 Å². The number of anilines is 1. The Morgan fingerprint density at radius 2 is 1.68 bits per heavy atom. The fourth-order valence-electron chi connectivity index (χ4n) is 1.82. The highest BCUT2D eigenvalue weighted by atomic mass is 16.4. The number of hydrogen-bond acceptors (Lipinski definition) is 3. The van der Waals surface area contributed by atoms with Crippen molar-refractivity contribution in [1.82, 2.24) is 0 Å². The van der Waals surface area contributed by atoms with Crippen LogP contribution in [0.3, 0.4) is 0 Å². The lowest BCUT2D eigenvalue weighted by Crippen LogP contribution is -2.14. The Morgan fingerprint density at radius 1 is 1.05 bits per heavy atom. The van der Waals surface area contributed by atoms with Gasteiger partial charge >= 0.3 is 5.97 Å². The van der Waals surface area contributed by atoms with Gasteiger partial charge in [0.1, 0.15) is 0 Å². The molecule has 1 atom stereocenters. The summed E-state index contributed by atoms with van der Waals surface area (Å²) in [7, 11) is 0. The Balaban J connectivity index is 2.05. The SMILES string of the molecule is O=C(O)c1ccccc1NCC(O)c1ccccc1. The molecule has 1 unspecified atom stereocenters. The summed E-state index contributed by atoms with van der Waals surface area (Å²) >= 11 is 0. The van der Waals surface area contributed by atoms with Gasteiger partial charge in [-0.05, 0) is 17.7 Å². The number of para-hydroxylation sites is 1. The number of aromatic carboxylic acids is 1. The molecule has 0 saturated carbocycles. The summed E-state index contributed by atoms with van der Waals surface area (Å²) in [6, 6.07) is 15.9. The van der Waals surface area contributed by atoms with Gasteiger partial charge in [0.25, 0.3) is 0 Å². The first-order valence-corrected chi connectivity index (χ1v) is 5.97. The molecule has 4 heteroatoms. The van der Waals surface area contributed by atoms with Crippen LogP contribution < -0.4 is 5.32 Å². The molecule has 4 nitrogen and oxygen atoms in total. The number of aliphatic hydroxyl groups is 1. The fraction of sp³-hybridized carbons (Fsp3) is 0.133. The van der Waals surface area contributed by atoms with E-state index in [2.05, 4.69) is 5.32 Å². The number of carboxylic acid groups (broad SMARTS) is 1. The number of hydrogen-bond donors (Lipinski definition) is 3. The van der Waals surface area contributed by atoms with E-state index in [-0.39, 0.29) is 12.1 Å². The van der Waals surface area contributed by atoms with Gasteiger partial charge in [0, 0.05) is 12.2 Å². The van der Waals surface area contributed by atoms with Crippen molar-refractivity contribution in [2.75, 3.05) is 11.9 Å². The molecule has 2 aromatic rings. The van der Waals surface area contributed by atoms with Crippen molar-refractivity contribution in [3.63, 3.8) is 0 Å². The minimum absolute atomic E-state index is 0.197. The van der Waals surface area contributed by atoms with Gasteiger partial charge in [-0.15, -0.1) is 0 Å². The van der Waals surface area contributed by atoms with E-state index in [1.165, 1.54) is 6.07 Å². The zero-order valence-electron chi connectivity index (χ0n) is 10.3. The van der Waals surface area contributed by atoms with Crippen LogP contribution in [0, 0.1) is 0 Å². The summed E-state index contributed by atoms with van der Waals surface area (Å²) in [5, 5.41) is 22.0. The number of carboxylic acids is 1. The minimum atomic E-state index is -0.989. The standard InChI is InChI=1S/C15H15NO3/c17-14(11-6-2-1-3-7-11)10-16-13-9-5-4-8-12(13)15(18)19/h1-9,14,16-17H,10H2,(H,18,19). The first kappa shape index (κ1) is 13.1. The molecule has 0 aliphatic heterocycles. The second kappa shape index (κ2) is 6.02. The van der Waals surface area contributed by atoms with Crippen LogP contribution in [0.4, 0.5) is 5.69 Å². The van der Waals surface area contributed by atoms with Crippen molar-refractivity contribution in [2.24, 2.45) is 0 Å². The molecule has 0 fully saturated rings. The van der Waals surface area contributed by atoms with Crippen LogP contribution in [0.25, 0.3) is 0 Å². The fourth-order valence-corrected chi connectivity index (χ4v) is 1.82. The third kappa shape index (κ3) is 3.33. The molecule has 0 radical (unpaired) electrons. The van der Waals surface area contributed by atoms with Crippen LogP contribution in [0.5, 0.6) is 0 Å². The van der Waals surface area contributed by atoms with Gasteiger partial charge in [0.05, 0.1) is 11.7 Å². The Bertz CT molecular complexity index is 554. The first-order chi connectivity index (χ1) is 9.18. The van der Waals surface area contributed by atoms with E-state index < -0.39 is 12.1 Å². The zero-order valence-corrected chi connectivity index (χ0v) is 10.3. The molecule has 19 heavy (non-hydrogen) atoms. The van der Waals surface area contributed by atoms with Gasteiger partial charge in [0.2, 0.25) is 0 Å². The van der Waals surface area contributed by atoms with Gasteiger partial charge in [0.15, 0.2) is 0 Å². The third-order valence-corrected chi connectivity index (χ3v) is 2.83. The molecule has 3 N–H and O–H groups in total. The summed E-state index contributed by atoms with van der Waals surface area (Å²) in [5.74, 6) is -0.989. The first-order valence-electron chi connectivity index (χ1n) is 5.97. The Hall–Kier alpha value is -2.33. The number of nitrogens with one attached hydrogen (secondary N) is 1. The monoisotopic (exact) mass is 257 g/mol. The smallest absolute Gasteiger partial charge is 0.337 e. The molecule has 0 aliphatic rings. The molecule has 0 aromatic heterocycles. The number of aliphatic hydroxyl groups excluding tert-OH is 1. The second-order valence-electron chi connectivity index (χ2n) is 4.16. The topological polar surface area (TPSA) is 69.6 Å². The van der Waals surface area contributed by atoms with Crippen LogP contribution in [-0.2, 0) is 0 Å². The van der Waals surface area contributed by atoms with Gasteiger partial charge < -0.3 is 15.5 Å². The summed E-state index contributed by atoms with van der Waals surface area (Å²) < 4.78 is 0. The summed E-state index contributed by atoms with van der Waals surface area (Å²) in [4.78, 5) is 11.0. The second-order valence-corrected chi connectivity index (χ2v) is 4.16. The Morgan fingerprint density at radius 3 is 2.37 bits per heavy atom. The average molecular weight is 257 g/mol. The molecule has 0 saturated heterocycles. The average Bonchev–Trinajstić information content (AvgIpc) is 2.46. The van der Waals surface area contributed by atoms with E-state index in [0.29, 0.717) is 5.69 Å². The van der Waals surface area contributed by atoms with Crippen molar-refractivity contribution >= 4 is 11.7 Å². The molecule has 2 aromatic carbocycles.